The van der Waals surface area contributed by atoms with Crippen LogP contribution in [0.3, 0.4) is 0 Å². The topological polar surface area (TPSA) is 90.7 Å². The molecule has 3 aromatic carbocycles. The van der Waals surface area contributed by atoms with Crippen LogP contribution in [0.4, 0.5) is 11.4 Å². The summed E-state index contributed by atoms with van der Waals surface area (Å²) in [4.78, 5) is 22.4. The van der Waals surface area contributed by atoms with Crippen molar-refractivity contribution in [2.75, 3.05) is 11.9 Å². The van der Waals surface area contributed by atoms with Gasteiger partial charge in [0.25, 0.3) is 11.6 Å². The Balaban J connectivity index is 1.61. The van der Waals surface area contributed by atoms with Crippen LogP contribution >= 0.6 is 0 Å². The molecule has 0 unspecified atom stereocenters. The number of rotatable bonds is 7. The molecule has 0 aliphatic rings. The molecule has 0 atom stereocenters. The fraction of sp³-hybridized carbons (Fsp3) is 0.0952. The molecule has 0 fully saturated rings. The first-order valence-electron chi connectivity index (χ1n) is 8.52. The van der Waals surface area contributed by atoms with Crippen LogP contribution in [0, 0.1) is 17.0 Å². The maximum absolute atomic E-state index is 12.2. The van der Waals surface area contributed by atoms with Crippen molar-refractivity contribution in [1.29, 1.82) is 0 Å². The minimum Gasteiger partial charge on any atom is -0.484 e. The first-order chi connectivity index (χ1) is 13.5. The highest BCUT2D eigenvalue weighted by atomic mass is 16.6. The molecule has 0 radical (unpaired) electrons. The van der Waals surface area contributed by atoms with Crippen LogP contribution in [-0.4, -0.2) is 17.4 Å². The number of carbonyl (C=O) groups excluding carboxylic acids is 1. The van der Waals surface area contributed by atoms with Crippen LogP contribution in [0.5, 0.6) is 17.2 Å². The highest BCUT2D eigenvalue weighted by Crippen LogP contribution is 2.29. The van der Waals surface area contributed by atoms with Crippen molar-refractivity contribution >= 4 is 17.3 Å². The Bertz CT molecular complexity index is 986. The number of non-ortho nitro benzene ring substituents is 1. The summed E-state index contributed by atoms with van der Waals surface area (Å²) < 4.78 is 11.2. The first kappa shape index (κ1) is 18.9. The lowest BCUT2D eigenvalue weighted by Gasteiger charge is -2.13. The number of nitro benzene ring substituents is 1. The SMILES string of the molecule is Cc1cccc(Oc2ccccc2NC(=O)COc2ccc([N+](=O)[O-])cc2)c1. The van der Waals surface area contributed by atoms with Crippen molar-refractivity contribution in [2.24, 2.45) is 0 Å². The summed E-state index contributed by atoms with van der Waals surface area (Å²) in [5, 5.41) is 13.4. The molecule has 0 saturated heterocycles. The van der Waals surface area contributed by atoms with Gasteiger partial charge in [-0.3, -0.25) is 14.9 Å². The molecule has 142 valence electrons. The summed E-state index contributed by atoms with van der Waals surface area (Å²) in [6.45, 7) is 1.73. The Morgan fingerprint density at radius 2 is 1.75 bits per heavy atom. The van der Waals surface area contributed by atoms with E-state index < -0.39 is 4.92 Å². The van der Waals surface area contributed by atoms with E-state index in [9.17, 15) is 14.9 Å². The molecule has 0 saturated carbocycles. The van der Waals surface area contributed by atoms with E-state index in [-0.39, 0.29) is 18.2 Å². The molecule has 3 aromatic rings. The lowest BCUT2D eigenvalue weighted by Crippen LogP contribution is -2.20. The fourth-order valence-corrected chi connectivity index (χ4v) is 2.46. The zero-order valence-electron chi connectivity index (χ0n) is 15.1. The molecular weight excluding hydrogens is 360 g/mol. The van der Waals surface area contributed by atoms with Crippen molar-refractivity contribution in [3.8, 4) is 17.2 Å². The average Bonchev–Trinajstić information content (AvgIpc) is 2.68. The third kappa shape index (κ3) is 5.07. The molecular formula is C21H18N2O5. The second-order valence-corrected chi connectivity index (χ2v) is 6.00. The van der Waals surface area contributed by atoms with Gasteiger partial charge in [-0.15, -0.1) is 0 Å². The second-order valence-electron chi connectivity index (χ2n) is 6.00. The third-order valence-corrected chi connectivity index (χ3v) is 3.80. The number of ether oxygens (including phenoxy) is 2. The van der Waals surface area contributed by atoms with E-state index >= 15 is 0 Å². The Kier molecular flexibility index (Phi) is 5.86. The van der Waals surface area contributed by atoms with Crippen molar-refractivity contribution in [1.82, 2.24) is 0 Å². The number of nitro groups is 1. The number of nitrogens with zero attached hydrogens (tertiary/aromatic N) is 1. The molecule has 7 nitrogen and oxygen atoms in total. The average molecular weight is 378 g/mol. The Morgan fingerprint density at radius 3 is 2.46 bits per heavy atom. The van der Waals surface area contributed by atoms with Crippen LogP contribution in [0.15, 0.2) is 72.8 Å². The minimum atomic E-state index is -0.498. The van der Waals surface area contributed by atoms with Gasteiger partial charge in [-0.2, -0.15) is 0 Å². The largest absolute Gasteiger partial charge is 0.484 e. The summed E-state index contributed by atoms with van der Waals surface area (Å²) in [5.41, 5.74) is 1.54. The molecule has 3 rings (SSSR count). The van der Waals surface area contributed by atoms with Crippen molar-refractivity contribution < 1.29 is 19.2 Å². The molecule has 0 aromatic heterocycles. The molecule has 7 heteroatoms. The monoisotopic (exact) mass is 378 g/mol. The van der Waals surface area contributed by atoms with Gasteiger partial charge in [0.2, 0.25) is 0 Å². The van der Waals surface area contributed by atoms with Gasteiger partial charge < -0.3 is 14.8 Å². The number of anilines is 1. The normalized spacial score (nSPS) is 10.2. The van der Waals surface area contributed by atoms with Crippen LogP contribution < -0.4 is 14.8 Å². The minimum absolute atomic E-state index is 0.0426. The number of hydrogen-bond acceptors (Lipinski definition) is 5. The van der Waals surface area contributed by atoms with E-state index in [2.05, 4.69) is 5.32 Å². The van der Waals surface area contributed by atoms with E-state index in [1.165, 1.54) is 24.3 Å². The van der Waals surface area contributed by atoms with Gasteiger partial charge >= 0.3 is 0 Å². The number of aryl methyl sites for hydroxylation is 1. The lowest BCUT2D eigenvalue weighted by atomic mass is 10.2. The lowest BCUT2D eigenvalue weighted by molar-refractivity contribution is -0.384. The van der Waals surface area contributed by atoms with Gasteiger partial charge in [-0.1, -0.05) is 24.3 Å². The number of amides is 1. The summed E-state index contributed by atoms with van der Waals surface area (Å²) in [6.07, 6.45) is 0. The Labute approximate surface area is 161 Å². The maximum atomic E-state index is 12.2. The highest BCUT2D eigenvalue weighted by molar-refractivity contribution is 5.93. The molecule has 0 aliphatic heterocycles. The highest BCUT2D eigenvalue weighted by Gasteiger charge is 2.10. The number of carbonyl (C=O) groups is 1. The number of benzene rings is 3. The van der Waals surface area contributed by atoms with Gasteiger partial charge in [0.1, 0.15) is 11.5 Å². The zero-order chi connectivity index (χ0) is 19.9. The number of nitrogens with one attached hydrogen (secondary N) is 1. The van der Waals surface area contributed by atoms with E-state index in [0.717, 1.165) is 5.56 Å². The first-order valence-corrected chi connectivity index (χ1v) is 8.52. The van der Waals surface area contributed by atoms with Crippen molar-refractivity contribution in [3.05, 3.63) is 88.5 Å². The molecule has 1 amide bonds. The predicted molar refractivity (Wildman–Crippen MR) is 105 cm³/mol. The molecule has 0 aliphatic carbocycles. The smallest absolute Gasteiger partial charge is 0.269 e. The van der Waals surface area contributed by atoms with Crippen molar-refractivity contribution in [3.63, 3.8) is 0 Å². The maximum Gasteiger partial charge on any atom is 0.269 e. The van der Waals surface area contributed by atoms with Crippen LogP contribution in [0.1, 0.15) is 5.56 Å². The summed E-state index contributed by atoms with van der Waals surface area (Å²) in [5.74, 6) is 1.17. The van der Waals surface area contributed by atoms with Crippen molar-refractivity contribution in [2.45, 2.75) is 6.92 Å². The van der Waals surface area contributed by atoms with Gasteiger partial charge in [0.05, 0.1) is 10.6 Å². The number of para-hydroxylation sites is 2. The van der Waals surface area contributed by atoms with Gasteiger partial charge in [-0.25, -0.2) is 0 Å². The second kappa shape index (κ2) is 8.68. The van der Waals surface area contributed by atoms with E-state index in [4.69, 9.17) is 9.47 Å². The molecule has 28 heavy (non-hydrogen) atoms. The Hall–Kier alpha value is -3.87. The fourth-order valence-electron chi connectivity index (χ4n) is 2.46. The van der Waals surface area contributed by atoms with Crippen LogP contribution in [-0.2, 0) is 4.79 Å². The summed E-state index contributed by atoms with van der Waals surface area (Å²) in [6, 6.07) is 20.2. The van der Waals surface area contributed by atoms with Gasteiger partial charge in [0.15, 0.2) is 12.4 Å². The summed E-state index contributed by atoms with van der Waals surface area (Å²) >= 11 is 0. The van der Waals surface area contributed by atoms with E-state index in [1.807, 2.05) is 37.3 Å². The van der Waals surface area contributed by atoms with Gasteiger partial charge in [-0.05, 0) is 48.9 Å². The predicted octanol–water partition coefficient (Wildman–Crippen LogP) is 4.71. The Morgan fingerprint density at radius 1 is 1.00 bits per heavy atom. The van der Waals surface area contributed by atoms with E-state index in [1.54, 1.807) is 18.2 Å². The molecule has 0 bridgehead atoms. The third-order valence-electron chi connectivity index (χ3n) is 3.80. The zero-order valence-corrected chi connectivity index (χ0v) is 15.1. The van der Waals surface area contributed by atoms with E-state index in [0.29, 0.717) is 22.9 Å². The van der Waals surface area contributed by atoms with Crippen LogP contribution in [0.2, 0.25) is 0 Å². The van der Waals surface area contributed by atoms with Gasteiger partial charge in [0, 0.05) is 12.1 Å². The summed E-state index contributed by atoms with van der Waals surface area (Å²) in [7, 11) is 0. The number of hydrogen-bond donors (Lipinski definition) is 1. The molecule has 0 spiro atoms. The standard InChI is InChI=1S/C21H18N2O5/c1-15-5-4-6-18(13-15)28-20-8-3-2-7-19(20)22-21(24)14-27-17-11-9-16(10-12-17)23(25)26/h2-13H,14H2,1H3,(H,22,24). The quantitative estimate of drug-likeness (QED) is 0.475. The van der Waals surface area contributed by atoms with Crippen LogP contribution in [0.25, 0.3) is 0 Å². The molecule has 0 heterocycles. The molecule has 1 N–H and O–H groups in total.